The number of hydrogen-bond donors (Lipinski definition) is 1. The highest BCUT2D eigenvalue weighted by Crippen LogP contribution is 2.27. The lowest BCUT2D eigenvalue weighted by molar-refractivity contribution is 1.06. The van der Waals surface area contributed by atoms with Crippen LogP contribution in [0, 0.1) is 0 Å². The molecule has 0 saturated heterocycles. The summed E-state index contributed by atoms with van der Waals surface area (Å²) in [7, 11) is 0. The molecule has 4 nitrogen and oxygen atoms in total. The number of fused-ring (bicyclic) bond motifs is 1. The van der Waals surface area contributed by atoms with Crippen LogP contribution in [-0.4, -0.2) is 15.3 Å². The second-order valence-electron chi connectivity index (χ2n) is 7.87. The first-order chi connectivity index (χ1) is 17.1. The van der Waals surface area contributed by atoms with Gasteiger partial charge in [-0.2, -0.15) is 0 Å². The van der Waals surface area contributed by atoms with Gasteiger partial charge in [0.05, 0.1) is 15.9 Å². The average Bonchev–Trinajstić information content (AvgIpc) is 2.88. The summed E-state index contributed by atoms with van der Waals surface area (Å²) in [5.74, 6) is 1.46. The van der Waals surface area contributed by atoms with Gasteiger partial charge in [-0.05, 0) is 49.6 Å². The summed E-state index contributed by atoms with van der Waals surface area (Å²) in [5.41, 5.74) is 3.80. The lowest BCUT2D eigenvalue weighted by atomic mass is 10.2. The lowest BCUT2D eigenvalue weighted by Crippen LogP contribution is -2.14. The van der Waals surface area contributed by atoms with Crippen molar-refractivity contribution in [2.75, 3.05) is 11.1 Å². The Morgan fingerprint density at radius 1 is 1.17 bits per heavy atom. The molecule has 0 amide bonds. The van der Waals surface area contributed by atoms with Crippen molar-refractivity contribution in [2.45, 2.75) is 38.6 Å². The van der Waals surface area contributed by atoms with E-state index in [1.807, 2.05) is 67.6 Å². The van der Waals surface area contributed by atoms with Crippen molar-refractivity contribution in [3.63, 3.8) is 0 Å². The number of benzene rings is 1. The van der Waals surface area contributed by atoms with E-state index >= 15 is 0 Å². The number of rotatable bonds is 11. The fraction of sp³-hybridized carbons (Fsp3) is 0.200. The number of pyridine rings is 2. The molecule has 3 rings (SSSR count). The maximum absolute atomic E-state index is 13.1. The molecule has 3 aromatic rings. The van der Waals surface area contributed by atoms with Gasteiger partial charge in [0.1, 0.15) is 5.82 Å². The fourth-order valence-electron chi connectivity index (χ4n) is 3.55. The Bertz CT molecular complexity index is 1330. The normalized spacial score (nSPS) is 12.7. The van der Waals surface area contributed by atoms with Crippen molar-refractivity contribution < 1.29 is 0 Å². The molecule has 0 saturated carbocycles. The third kappa shape index (κ3) is 6.96. The summed E-state index contributed by atoms with van der Waals surface area (Å²) < 4.78 is 2.09. The predicted molar refractivity (Wildman–Crippen MR) is 153 cm³/mol. The summed E-state index contributed by atoms with van der Waals surface area (Å²) in [6.07, 6.45) is 17.7. The Hall–Kier alpha value is -3.57. The first kappa shape index (κ1) is 26.0. The van der Waals surface area contributed by atoms with Crippen LogP contribution in [0.5, 0.6) is 0 Å². The number of hydrogen-bond acceptors (Lipinski definition) is 4. The zero-order valence-corrected chi connectivity index (χ0v) is 21.5. The Labute approximate surface area is 212 Å². The van der Waals surface area contributed by atoms with E-state index in [2.05, 4.69) is 53.5 Å². The Morgan fingerprint density at radius 3 is 2.66 bits per heavy atom. The lowest BCUT2D eigenvalue weighted by Gasteiger charge is -2.19. The van der Waals surface area contributed by atoms with Gasteiger partial charge in [0.25, 0.3) is 0 Å². The topological polar surface area (TPSA) is 46.9 Å². The quantitative estimate of drug-likeness (QED) is 0.223. The van der Waals surface area contributed by atoms with Gasteiger partial charge in [-0.3, -0.25) is 9.36 Å². The summed E-state index contributed by atoms with van der Waals surface area (Å²) >= 11 is 1.62. The fourth-order valence-corrected chi connectivity index (χ4v) is 4.40. The van der Waals surface area contributed by atoms with Crippen molar-refractivity contribution >= 4 is 28.5 Å². The molecular formula is C30H33N3OS. The minimum Gasteiger partial charge on any atom is -0.342 e. The van der Waals surface area contributed by atoms with E-state index in [0.717, 1.165) is 51.9 Å². The molecular weight excluding hydrogens is 450 g/mol. The van der Waals surface area contributed by atoms with Gasteiger partial charge in [-0.15, -0.1) is 11.8 Å². The third-order valence-electron chi connectivity index (χ3n) is 5.27. The van der Waals surface area contributed by atoms with Crippen molar-refractivity contribution in [1.29, 1.82) is 0 Å². The van der Waals surface area contributed by atoms with Gasteiger partial charge in [0.2, 0.25) is 0 Å². The average molecular weight is 484 g/mol. The Morgan fingerprint density at radius 2 is 1.97 bits per heavy atom. The summed E-state index contributed by atoms with van der Waals surface area (Å²) in [6.45, 7) is 10.1. The zero-order chi connectivity index (χ0) is 25.0. The molecule has 35 heavy (non-hydrogen) atoms. The molecule has 0 aliphatic rings. The van der Waals surface area contributed by atoms with Gasteiger partial charge < -0.3 is 5.32 Å². The number of nitrogens with zero attached hydrogens (tertiary/aromatic N) is 2. The second kappa shape index (κ2) is 13.4. The van der Waals surface area contributed by atoms with Crippen molar-refractivity contribution in [3.8, 4) is 5.69 Å². The molecule has 0 unspecified atom stereocenters. The van der Waals surface area contributed by atoms with Crippen LogP contribution in [-0.2, 0) is 0 Å². The van der Waals surface area contributed by atoms with E-state index in [4.69, 9.17) is 0 Å². The molecule has 0 aliphatic heterocycles. The number of allylic oxidation sites excluding steroid dienone is 7. The smallest absolute Gasteiger partial charge is 0.193 e. The standard InChI is InChI=1S/C30H33N3OS/c1-5-9-15-23(8-4)22-35-30-19-27-26(21-31-30)28(34)20-29(32-24(14-7-3)16-10-6-2)33(27)25-17-12-11-13-18-25/h5,8-21,32H,4,6-7,22H2,1-3H3/b9-5-,16-10-,23-15+,24-14+. The molecule has 2 heterocycles. The van der Waals surface area contributed by atoms with Crippen LogP contribution in [0.15, 0.2) is 119 Å². The molecule has 0 spiro atoms. The molecule has 180 valence electrons. The summed E-state index contributed by atoms with van der Waals surface area (Å²) in [4.78, 5) is 17.7. The van der Waals surface area contributed by atoms with E-state index < -0.39 is 0 Å². The second-order valence-corrected chi connectivity index (χ2v) is 8.86. The van der Waals surface area contributed by atoms with Crippen LogP contribution in [0.2, 0.25) is 0 Å². The van der Waals surface area contributed by atoms with Crippen LogP contribution >= 0.6 is 11.8 Å². The number of thioether (sulfide) groups is 1. The molecule has 0 bridgehead atoms. The van der Waals surface area contributed by atoms with Crippen molar-refractivity contribution in [3.05, 3.63) is 119 Å². The van der Waals surface area contributed by atoms with Crippen molar-refractivity contribution in [2.24, 2.45) is 0 Å². The van der Waals surface area contributed by atoms with Gasteiger partial charge in [-0.1, -0.05) is 75.1 Å². The number of aromatic nitrogens is 2. The van der Waals surface area contributed by atoms with Gasteiger partial charge in [0.15, 0.2) is 5.43 Å². The monoisotopic (exact) mass is 483 g/mol. The Balaban J connectivity index is 2.15. The van der Waals surface area contributed by atoms with Gasteiger partial charge in [0, 0.05) is 29.4 Å². The zero-order valence-electron chi connectivity index (χ0n) is 20.7. The van der Waals surface area contributed by atoms with Gasteiger partial charge >= 0.3 is 0 Å². The van der Waals surface area contributed by atoms with Crippen LogP contribution < -0.4 is 10.7 Å². The highest BCUT2D eigenvalue weighted by atomic mass is 32.2. The van der Waals surface area contributed by atoms with Crippen LogP contribution in [0.3, 0.4) is 0 Å². The molecule has 0 aliphatic carbocycles. The first-order valence-electron chi connectivity index (χ1n) is 11.9. The SMILES string of the molecule is C=C/C(=C\C=C/C)CSc1cc2c(cn1)c(=O)cc(NC(/C=C\CC)=C/CC)n2-c1ccccc1. The minimum absolute atomic E-state index is 0.0613. The minimum atomic E-state index is -0.0613. The van der Waals surface area contributed by atoms with E-state index in [0.29, 0.717) is 5.39 Å². The highest BCUT2D eigenvalue weighted by Gasteiger charge is 2.13. The molecule has 1 N–H and O–H groups in total. The first-order valence-corrected chi connectivity index (χ1v) is 12.9. The maximum atomic E-state index is 13.1. The van der Waals surface area contributed by atoms with E-state index in [-0.39, 0.29) is 5.43 Å². The van der Waals surface area contributed by atoms with E-state index in [9.17, 15) is 4.79 Å². The van der Waals surface area contributed by atoms with E-state index in [1.54, 1.807) is 24.0 Å². The Kier molecular flexibility index (Phi) is 9.93. The van der Waals surface area contributed by atoms with Gasteiger partial charge in [-0.25, -0.2) is 4.98 Å². The molecule has 2 aromatic heterocycles. The number of nitrogens with one attached hydrogen (secondary N) is 1. The number of para-hydroxylation sites is 1. The summed E-state index contributed by atoms with van der Waals surface area (Å²) in [5, 5.41) is 4.93. The molecule has 1 aromatic carbocycles. The highest BCUT2D eigenvalue weighted by molar-refractivity contribution is 7.99. The molecule has 5 heteroatoms. The predicted octanol–water partition coefficient (Wildman–Crippen LogP) is 7.84. The maximum Gasteiger partial charge on any atom is 0.193 e. The molecule has 0 atom stereocenters. The van der Waals surface area contributed by atoms with Crippen molar-refractivity contribution in [1.82, 2.24) is 9.55 Å². The van der Waals surface area contributed by atoms with E-state index in [1.165, 1.54) is 0 Å². The molecule has 0 fully saturated rings. The van der Waals surface area contributed by atoms with Crippen LogP contribution in [0.25, 0.3) is 16.6 Å². The summed E-state index contributed by atoms with van der Waals surface area (Å²) in [6, 6.07) is 13.7. The number of anilines is 1. The van der Waals surface area contributed by atoms with Crippen LogP contribution in [0.1, 0.15) is 33.6 Å². The third-order valence-corrected chi connectivity index (χ3v) is 6.26. The van der Waals surface area contributed by atoms with Crippen LogP contribution in [0.4, 0.5) is 5.82 Å². The largest absolute Gasteiger partial charge is 0.342 e. The molecule has 0 radical (unpaired) electrons.